The van der Waals surface area contributed by atoms with Crippen molar-refractivity contribution < 1.29 is 14.2 Å². The van der Waals surface area contributed by atoms with Crippen LogP contribution in [0.4, 0.5) is 10.1 Å². The number of hydrogen-bond donors (Lipinski definition) is 2. The number of hydrogen-bond acceptors (Lipinski definition) is 4. The predicted octanol–water partition coefficient (Wildman–Crippen LogP) is 1.82. The molecule has 3 N–H and O–H groups in total. The third kappa shape index (κ3) is 3.29. The molecule has 0 spiro atoms. The molecule has 1 aliphatic rings. The maximum atomic E-state index is 13.4. The van der Waals surface area contributed by atoms with Gasteiger partial charge in [0, 0.05) is 24.8 Å². The van der Waals surface area contributed by atoms with E-state index in [1.54, 1.807) is 6.07 Å². The van der Waals surface area contributed by atoms with Crippen LogP contribution in [0.1, 0.15) is 32.4 Å². The fourth-order valence-corrected chi connectivity index (χ4v) is 2.75. The van der Waals surface area contributed by atoms with Crippen molar-refractivity contribution >= 4 is 5.69 Å². The van der Waals surface area contributed by atoms with Crippen molar-refractivity contribution in [2.75, 3.05) is 24.6 Å². The van der Waals surface area contributed by atoms with E-state index in [-0.39, 0.29) is 30.2 Å². The Hall–Kier alpha value is -1.17. The van der Waals surface area contributed by atoms with Gasteiger partial charge in [0.15, 0.2) is 0 Å². The number of aliphatic hydroxyl groups excluding tert-OH is 1. The standard InChI is InChI=1S/C15H23FN2O2/c1-10(17)13-6-11(16)4-5-14(13)18-7-12(8-19)20-15(2,3)9-18/h4-6,10,12,19H,7-9,17H2,1-3H3. The number of morpholine rings is 1. The lowest BCUT2D eigenvalue weighted by atomic mass is 10.0. The van der Waals surface area contributed by atoms with Crippen LogP contribution >= 0.6 is 0 Å². The van der Waals surface area contributed by atoms with Crippen molar-refractivity contribution in [1.29, 1.82) is 0 Å². The average molecular weight is 282 g/mol. The van der Waals surface area contributed by atoms with E-state index in [4.69, 9.17) is 10.5 Å². The Balaban J connectivity index is 2.35. The molecule has 5 heteroatoms. The number of ether oxygens (including phenoxy) is 1. The third-order valence-electron chi connectivity index (χ3n) is 3.51. The summed E-state index contributed by atoms with van der Waals surface area (Å²) in [7, 11) is 0. The largest absolute Gasteiger partial charge is 0.394 e. The van der Waals surface area contributed by atoms with Crippen molar-refractivity contribution in [3.63, 3.8) is 0 Å². The lowest BCUT2D eigenvalue weighted by molar-refractivity contribution is -0.101. The first-order valence-electron chi connectivity index (χ1n) is 6.91. The summed E-state index contributed by atoms with van der Waals surface area (Å²) in [6.45, 7) is 7.02. The van der Waals surface area contributed by atoms with Gasteiger partial charge in [0.1, 0.15) is 5.82 Å². The minimum atomic E-state index is -0.366. The first-order chi connectivity index (χ1) is 9.32. The van der Waals surface area contributed by atoms with Gasteiger partial charge in [-0.25, -0.2) is 4.39 Å². The number of nitrogens with two attached hydrogens (primary N) is 1. The molecule has 0 amide bonds. The zero-order valence-electron chi connectivity index (χ0n) is 12.3. The number of anilines is 1. The van der Waals surface area contributed by atoms with Gasteiger partial charge in [-0.05, 0) is 44.5 Å². The van der Waals surface area contributed by atoms with Crippen LogP contribution in [0.2, 0.25) is 0 Å². The molecule has 4 nitrogen and oxygen atoms in total. The van der Waals surface area contributed by atoms with Gasteiger partial charge in [0.25, 0.3) is 0 Å². The summed E-state index contributed by atoms with van der Waals surface area (Å²) in [6, 6.07) is 4.43. The zero-order chi connectivity index (χ0) is 14.9. The van der Waals surface area contributed by atoms with E-state index in [1.807, 2.05) is 20.8 Å². The molecule has 1 aromatic carbocycles. The highest BCUT2D eigenvalue weighted by atomic mass is 19.1. The molecule has 0 aromatic heterocycles. The van der Waals surface area contributed by atoms with Gasteiger partial charge in [-0.1, -0.05) is 0 Å². The van der Waals surface area contributed by atoms with E-state index < -0.39 is 0 Å². The van der Waals surface area contributed by atoms with Gasteiger partial charge >= 0.3 is 0 Å². The zero-order valence-corrected chi connectivity index (χ0v) is 12.3. The highest BCUT2D eigenvalue weighted by Crippen LogP contribution is 2.31. The minimum Gasteiger partial charge on any atom is -0.394 e. The summed E-state index contributed by atoms with van der Waals surface area (Å²) in [6.07, 6.45) is -0.246. The number of benzene rings is 1. The van der Waals surface area contributed by atoms with Crippen LogP contribution in [0.15, 0.2) is 18.2 Å². The van der Waals surface area contributed by atoms with Crippen molar-refractivity contribution in [2.45, 2.75) is 38.5 Å². The molecular weight excluding hydrogens is 259 g/mol. The molecule has 0 aliphatic carbocycles. The molecule has 112 valence electrons. The molecule has 0 radical (unpaired) electrons. The molecule has 20 heavy (non-hydrogen) atoms. The lowest BCUT2D eigenvalue weighted by Crippen LogP contribution is -2.54. The normalized spacial score (nSPS) is 23.7. The topological polar surface area (TPSA) is 58.7 Å². The Kier molecular flexibility index (Phi) is 4.32. The maximum Gasteiger partial charge on any atom is 0.123 e. The summed E-state index contributed by atoms with van der Waals surface area (Å²) in [4.78, 5) is 2.11. The van der Waals surface area contributed by atoms with E-state index in [0.717, 1.165) is 11.3 Å². The van der Waals surface area contributed by atoms with Crippen LogP contribution in [-0.4, -0.2) is 36.5 Å². The van der Waals surface area contributed by atoms with Gasteiger partial charge in [0.05, 0.1) is 18.3 Å². The van der Waals surface area contributed by atoms with Crippen LogP contribution in [0, 0.1) is 5.82 Å². The molecule has 2 rings (SSSR count). The van der Waals surface area contributed by atoms with E-state index in [1.165, 1.54) is 12.1 Å². The lowest BCUT2D eigenvalue weighted by Gasteiger charge is -2.44. The molecule has 1 fully saturated rings. The van der Waals surface area contributed by atoms with Crippen LogP contribution < -0.4 is 10.6 Å². The molecule has 1 saturated heterocycles. The van der Waals surface area contributed by atoms with Crippen molar-refractivity contribution in [2.24, 2.45) is 5.73 Å². The fraction of sp³-hybridized carbons (Fsp3) is 0.600. The van der Waals surface area contributed by atoms with Crippen LogP contribution in [0.5, 0.6) is 0 Å². The number of aliphatic hydroxyl groups is 1. The number of nitrogens with zero attached hydrogens (tertiary/aromatic N) is 1. The fourth-order valence-electron chi connectivity index (χ4n) is 2.75. The molecular formula is C15H23FN2O2. The molecule has 0 bridgehead atoms. The minimum absolute atomic E-state index is 0.0331. The summed E-state index contributed by atoms with van der Waals surface area (Å²) in [5, 5.41) is 9.37. The first kappa shape index (κ1) is 15.2. The second kappa shape index (κ2) is 5.68. The average Bonchev–Trinajstić information content (AvgIpc) is 2.36. The Labute approximate surface area is 119 Å². The smallest absolute Gasteiger partial charge is 0.123 e. The molecule has 0 saturated carbocycles. The van der Waals surface area contributed by atoms with Crippen LogP contribution in [0.3, 0.4) is 0 Å². The predicted molar refractivity (Wildman–Crippen MR) is 77.3 cm³/mol. The molecule has 1 aliphatic heterocycles. The highest BCUT2D eigenvalue weighted by molar-refractivity contribution is 5.56. The summed E-state index contributed by atoms with van der Waals surface area (Å²) >= 11 is 0. The summed E-state index contributed by atoms with van der Waals surface area (Å²) < 4.78 is 19.2. The quantitative estimate of drug-likeness (QED) is 0.888. The van der Waals surface area contributed by atoms with E-state index in [9.17, 15) is 9.50 Å². The van der Waals surface area contributed by atoms with Crippen molar-refractivity contribution in [3.8, 4) is 0 Å². The Bertz CT molecular complexity index is 477. The monoisotopic (exact) mass is 282 g/mol. The Morgan fingerprint density at radius 3 is 2.85 bits per heavy atom. The van der Waals surface area contributed by atoms with E-state index in [2.05, 4.69) is 4.90 Å². The van der Waals surface area contributed by atoms with Gasteiger partial charge in [0.2, 0.25) is 0 Å². The molecule has 1 heterocycles. The van der Waals surface area contributed by atoms with Crippen molar-refractivity contribution in [3.05, 3.63) is 29.6 Å². The van der Waals surface area contributed by atoms with E-state index >= 15 is 0 Å². The molecule has 1 aromatic rings. The highest BCUT2D eigenvalue weighted by Gasteiger charge is 2.34. The Morgan fingerprint density at radius 2 is 2.25 bits per heavy atom. The second-order valence-electron chi connectivity index (χ2n) is 6.05. The van der Waals surface area contributed by atoms with Gasteiger partial charge in [-0.3, -0.25) is 0 Å². The van der Waals surface area contributed by atoms with E-state index in [0.29, 0.717) is 13.1 Å². The maximum absolute atomic E-state index is 13.4. The Morgan fingerprint density at radius 1 is 1.55 bits per heavy atom. The molecule has 2 atom stereocenters. The number of halogens is 1. The molecule has 2 unspecified atom stereocenters. The van der Waals surface area contributed by atoms with Crippen LogP contribution in [0.25, 0.3) is 0 Å². The third-order valence-corrected chi connectivity index (χ3v) is 3.51. The SMILES string of the molecule is CC(N)c1cc(F)ccc1N1CC(CO)OC(C)(C)C1. The first-order valence-corrected chi connectivity index (χ1v) is 6.91. The van der Waals surface area contributed by atoms with Crippen LogP contribution in [-0.2, 0) is 4.74 Å². The summed E-state index contributed by atoms with van der Waals surface area (Å²) in [5.41, 5.74) is 7.28. The van der Waals surface area contributed by atoms with Crippen molar-refractivity contribution in [1.82, 2.24) is 0 Å². The number of rotatable bonds is 3. The summed E-state index contributed by atoms with van der Waals surface area (Å²) in [5.74, 6) is -0.285. The van der Waals surface area contributed by atoms with Gasteiger partial charge in [-0.2, -0.15) is 0 Å². The van der Waals surface area contributed by atoms with Gasteiger partial charge < -0.3 is 20.5 Å². The van der Waals surface area contributed by atoms with Gasteiger partial charge in [-0.15, -0.1) is 0 Å². The second-order valence-corrected chi connectivity index (χ2v) is 6.05.